The number of benzene rings is 2. The SMILES string of the molecule is O=C(NCc1nc(-c2cc(O)ccc2O)n[nH]1)c1ccccc1OC(F)F. The summed E-state index contributed by atoms with van der Waals surface area (Å²) < 4.78 is 29.2. The number of aromatic amines is 1. The summed E-state index contributed by atoms with van der Waals surface area (Å²) >= 11 is 0. The number of ether oxygens (including phenoxy) is 1. The second-order valence-electron chi connectivity index (χ2n) is 5.36. The highest BCUT2D eigenvalue weighted by Gasteiger charge is 2.16. The molecule has 1 amide bonds. The predicted octanol–water partition coefficient (Wildman–Crippen LogP) is 2.41. The van der Waals surface area contributed by atoms with E-state index in [1.807, 2.05) is 0 Å². The van der Waals surface area contributed by atoms with Gasteiger partial charge in [-0.2, -0.15) is 13.9 Å². The Morgan fingerprint density at radius 3 is 2.78 bits per heavy atom. The quantitative estimate of drug-likeness (QED) is 0.491. The van der Waals surface area contributed by atoms with E-state index >= 15 is 0 Å². The fourth-order valence-electron chi connectivity index (χ4n) is 2.31. The van der Waals surface area contributed by atoms with Crippen LogP contribution in [0.25, 0.3) is 11.4 Å². The van der Waals surface area contributed by atoms with Gasteiger partial charge in [0.05, 0.1) is 17.7 Å². The van der Waals surface area contributed by atoms with Crippen molar-refractivity contribution in [1.29, 1.82) is 0 Å². The predicted molar refractivity (Wildman–Crippen MR) is 89.4 cm³/mol. The van der Waals surface area contributed by atoms with Crippen molar-refractivity contribution in [2.24, 2.45) is 0 Å². The lowest BCUT2D eigenvalue weighted by Gasteiger charge is -2.10. The van der Waals surface area contributed by atoms with E-state index in [1.165, 1.54) is 42.5 Å². The van der Waals surface area contributed by atoms with Gasteiger partial charge in [0.1, 0.15) is 23.1 Å². The van der Waals surface area contributed by atoms with E-state index in [-0.39, 0.29) is 46.6 Å². The zero-order chi connectivity index (χ0) is 19.4. The molecule has 3 aromatic rings. The normalized spacial score (nSPS) is 10.8. The van der Waals surface area contributed by atoms with Gasteiger partial charge in [-0.1, -0.05) is 12.1 Å². The maximum atomic E-state index is 12.4. The van der Waals surface area contributed by atoms with Gasteiger partial charge >= 0.3 is 6.61 Å². The first kappa shape index (κ1) is 18.1. The zero-order valence-corrected chi connectivity index (χ0v) is 13.7. The van der Waals surface area contributed by atoms with Crippen LogP contribution in [0.3, 0.4) is 0 Å². The van der Waals surface area contributed by atoms with Crippen LogP contribution in [0.1, 0.15) is 16.2 Å². The number of nitrogens with zero attached hydrogens (tertiary/aromatic N) is 2. The lowest BCUT2D eigenvalue weighted by molar-refractivity contribution is -0.0501. The topological polar surface area (TPSA) is 120 Å². The highest BCUT2D eigenvalue weighted by atomic mass is 19.3. The van der Waals surface area contributed by atoms with Crippen molar-refractivity contribution >= 4 is 5.91 Å². The molecule has 0 bridgehead atoms. The molecule has 0 aliphatic heterocycles. The number of phenolic OH excluding ortho intramolecular Hbond substituents is 2. The van der Waals surface area contributed by atoms with Crippen LogP contribution in [0.4, 0.5) is 8.78 Å². The number of halogens is 2. The van der Waals surface area contributed by atoms with Gasteiger partial charge in [0.2, 0.25) is 0 Å². The Hall–Kier alpha value is -3.69. The Kier molecular flexibility index (Phi) is 5.15. The van der Waals surface area contributed by atoms with E-state index in [1.54, 1.807) is 0 Å². The number of carbonyl (C=O) groups is 1. The van der Waals surface area contributed by atoms with E-state index in [2.05, 4.69) is 25.2 Å². The molecule has 0 saturated carbocycles. The largest absolute Gasteiger partial charge is 0.508 e. The smallest absolute Gasteiger partial charge is 0.387 e. The molecule has 0 unspecified atom stereocenters. The fourth-order valence-corrected chi connectivity index (χ4v) is 2.31. The van der Waals surface area contributed by atoms with Crippen LogP contribution in [0.5, 0.6) is 17.2 Å². The van der Waals surface area contributed by atoms with E-state index in [4.69, 9.17) is 0 Å². The highest BCUT2D eigenvalue weighted by Crippen LogP contribution is 2.29. The third-order valence-electron chi connectivity index (χ3n) is 3.52. The van der Waals surface area contributed by atoms with Crippen LogP contribution in [-0.4, -0.2) is 37.9 Å². The minimum atomic E-state index is -3.05. The molecule has 1 aromatic heterocycles. The van der Waals surface area contributed by atoms with Crippen molar-refractivity contribution in [3.05, 3.63) is 53.9 Å². The number of nitrogens with one attached hydrogen (secondary N) is 2. The van der Waals surface area contributed by atoms with Gasteiger partial charge in [0.15, 0.2) is 5.82 Å². The van der Waals surface area contributed by atoms with E-state index in [0.29, 0.717) is 0 Å². The number of aromatic hydroxyl groups is 2. The number of hydrogen-bond acceptors (Lipinski definition) is 6. The van der Waals surface area contributed by atoms with Crippen LogP contribution in [-0.2, 0) is 6.54 Å². The van der Waals surface area contributed by atoms with Crippen LogP contribution in [0.2, 0.25) is 0 Å². The second-order valence-corrected chi connectivity index (χ2v) is 5.36. The molecule has 0 atom stereocenters. The number of hydrogen-bond donors (Lipinski definition) is 4. The van der Waals surface area contributed by atoms with Crippen molar-refractivity contribution in [2.75, 3.05) is 0 Å². The molecule has 0 aliphatic rings. The number of aromatic nitrogens is 3. The average Bonchev–Trinajstić information content (AvgIpc) is 3.10. The maximum absolute atomic E-state index is 12.4. The molecule has 2 aromatic carbocycles. The van der Waals surface area contributed by atoms with E-state index in [9.17, 15) is 23.8 Å². The first-order valence-corrected chi connectivity index (χ1v) is 7.69. The van der Waals surface area contributed by atoms with Crippen LogP contribution < -0.4 is 10.1 Å². The third-order valence-corrected chi connectivity index (χ3v) is 3.52. The molecule has 3 rings (SSSR count). The van der Waals surface area contributed by atoms with Crippen molar-refractivity contribution in [3.8, 4) is 28.6 Å². The van der Waals surface area contributed by atoms with Crippen LogP contribution in [0, 0.1) is 0 Å². The second kappa shape index (κ2) is 7.68. The van der Waals surface area contributed by atoms with Gasteiger partial charge < -0.3 is 20.3 Å². The summed E-state index contributed by atoms with van der Waals surface area (Å²) in [6.07, 6.45) is 0. The van der Waals surface area contributed by atoms with Crippen molar-refractivity contribution < 1.29 is 28.5 Å². The minimum absolute atomic E-state index is 0.0526. The molecule has 0 fully saturated rings. The lowest BCUT2D eigenvalue weighted by atomic mass is 10.2. The van der Waals surface area contributed by atoms with E-state index < -0.39 is 12.5 Å². The summed E-state index contributed by atoms with van der Waals surface area (Å²) in [6.45, 7) is -3.13. The number of para-hydroxylation sites is 1. The van der Waals surface area contributed by atoms with Gasteiger partial charge in [-0.3, -0.25) is 9.89 Å². The summed E-state index contributed by atoms with van der Waals surface area (Å²) in [6, 6.07) is 9.50. The fraction of sp³-hybridized carbons (Fsp3) is 0.118. The molecule has 0 spiro atoms. The minimum Gasteiger partial charge on any atom is -0.508 e. The number of rotatable bonds is 6. The number of phenols is 2. The monoisotopic (exact) mass is 376 g/mol. The van der Waals surface area contributed by atoms with E-state index in [0.717, 1.165) is 0 Å². The number of carbonyl (C=O) groups excluding carboxylic acids is 1. The molecule has 1 heterocycles. The molecule has 8 nitrogen and oxygen atoms in total. The third kappa shape index (κ3) is 4.29. The molecule has 0 aliphatic carbocycles. The lowest BCUT2D eigenvalue weighted by Crippen LogP contribution is -2.24. The van der Waals surface area contributed by atoms with Gasteiger partial charge in [-0.25, -0.2) is 4.98 Å². The first-order chi connectivity index (χ1) is 12.9. The van der Waals surface area contributed by atoms with Gasteiger partial charge in [-0.15, -0.1) is 0 Å². The number of alkyl halides is 2. The Balaban J connectivity index is 1.70. The van der Waals surface area contributed by atoms with Crippen molar-refractivity contribution in [3.63, 3.8) is 0 Å². The summed E-state index contributed by atoms with van der Waals surface area (Å²) in [5.41, 5.74) is 0.155. The van der Waals surface area contributed by atoms with Gasteiger partial charge in [0.25, 0.3) is 5.91 Å². The Morgan fingerprint density at radius 2 is 2.00 bits per heavy atom. The Labute approximate surface area is 151 Å². The summed E-state index contributed by atoms with van der Waals surface area (Å²) in [4.78, 5) is 16.3. The number of H-pyrrole nitrogens is 1. The molecular formula is C17H14F2N4O4. The molecule has 0 radical (unpaired) electrons. The zero-order valence-electron chi connectivity index (χ0n) is 13.7. The molecule has 4 N–H and O–H groups in total. The molecule has 140 valence electrons. The highest BCUT2D eigenvalue weighted by molar-refractivity contribution is 5.96. The molecule has 0 saturated heterocycles. The van der Waals surface area contributed by atoms with Crippen LogP contribution >= 0.6 is 0 Å². The first-order valence-electron chi connectivity index (χ1n) is 7.69. The summed E-state index contributed by atoms with van der Waals surface area (Å²) in [5.74, 6) is -0.696. The molecule has 10 heteroatoms. The molecular weight excluding hydrogens is 362 g/mol. The van der Waals surface area contributed by atoms with Gasteiger partial charge in [-0.05, 0) is 30.3 Å². The summed E-state index contributed by atoms with van der Waals surface area (Å²) in [7, 11) is 0. The van der Waals surface area contributed by atoms with Crippen molar-refractivity contribution in [1.82, 2.24) is 20.5 Å². The van der Waals surface area contributed by atoms with Crippen LogP contribution in [0.15, 0.2) is 42.5 Å². The Morgan fingerprint density at radius 1 is 1.22 bits per heavy atom. The average molecular weight is 376 g/mol. The molecule has 27 heavy (non-hydrogen) atoms. The standard InChI is InChI=1S/C17H14F2N4O4/c18-17(19)27-13-4-2-1-3-10(13)16(26)20-8-14-21-15(23-22-14)11-7-9(24)5-6-12(11)25/h1-7,17,24-25H,8H2,(H,20,26)(H,21,22,23). The Bertz CT molecular complexity index is 962. The summed E-state index contributed by atoms with van der Waals surface area (Å²) in [5, 5.41) is 28.3. The van der Waals surface area contributed by atoms with Crippen molar-refractivity contribution in [2.45, 2.75) is 13.2 Å². The van der Waals surface area contributed by atoms with Gasteiger partial charge in [0, 0.05) is 0 Å². The maximum Gasteiger partial charge on any atom is 0.387 e. The number of amides is 1.